The van der Waals surface area contributed by atoms with E-state index in [-0.39, 0.29) is 17.0 Å². The van der Waals surface area contributed by atoms with Crippen LogP contribution in [0.15, 0.2) is 97.1 Å². The molecule has 4 aromatic rings. The zero-order valence-electron chi connectivity index (χ0n) is 17.8. The number of anilines is 1. The summed E-state index contributed by atoms with van der Waals surface area (Å²) in [5.41, 5.74) is 1.16. The van der Waals surface area contributed by atoms with Gasteiger partial charge in [-0.15, -0.1) is 0 Å². The molecular formula is C27H19ClF3NO2. The SMILES string of the molecule is O=C(Nc1cc(C(F)(F)F)ccc1Oc1ccccc1Cc1ccccc1)c1ccc(Cl)cc1. The van der Waals surface area contributed by atoms with E-state index in [1.165, 1.54) is 30.3 Å². The molecule has 0 spiro atoms. The van der Waals surface area contributed by atoms with Gasteiger partial charge in [0.15, 0.2) is 5.75 Å². The second-order valence-corrected chi connectivity index (χ2v) is 7.98. The van der Waals surface area contributed by atoms with E-state index in [2.05, 4.69) is 5.32 Å². The minimum Gasteiger partial charge on any atom is -0.455 e. The molecule has 0 aliphatic carbocycles. The zero-order chi connectivity index (χ0) is 24.1. The molecule has 3 nitrogen and oxygen atoms in total. The van der Waals surface area contributed by atoms with Gasteiger partial charge in [0.2, 0.25) is 0 Å². The van der Waals surface area contributed by atoms with E-state index in [4.69, 9.17) is 16.3 Å². The third kappa shape index (κ3) is 5.77. The predicted molar refractivity (Wildman–Crippen MR) is 127 cm³/mol. The second-order valence-electron chi connectivity index (χ2n) is 7.54. The molecule has 0 saturated carbocycles. The minimum absolute atomic E-state index is 0.0933. The van der Waals surface area contributed by atoms with Gasteiger partial charge in [-0.1, -0.05) is 60.1 Å². The number of benzene rings is 4. The molecule has 7 heteroatoms. The lowest BCUT2D eigenvalue weighted by Crippen LogP contribution is -2.14. The number of halogens is 4. The maximum Gasteiger partial charge on any atom is 0.416 e. The quantitative estimate of drug-likeness (QED) is 0.303. The van der Waals surface area contributed by atoms with Crippen LogP contribution in [0.1, 0.15) is 27.0 Å². The van der Waals surface area contributed by atoms with Gasteiger partial charge in [-0.05, 0) is 59.7 Å². The number of rotatable bonds is 6. The number of hydrogen-bond donors (Lipinski definition) is 1. The zero-order valence-corrected chi connectivity index (χ0v) is 18.5. The van der Waals surface area contributed by atoms with Crippen molar-refractivity contribution in [2.24, 2.45) is 0 Å². The lowest BCUT2D eigenvalue weighted by molar-refractivity contribution is -0.137. The summed E-state index contributed by atoms with van der Waals surface area (Å²) in [6.45, 7) is 0. The highest BCUT2D eigenvalue weighted by Gasteiger charge is 2.31. The second kappa shape index (κ2) is 10.0. The summed E-state index contributed by atoms with van der Waals surface area (Å²) in [6.07, 6.45) is -4.01. The number of para-hydroxylation sites is 1. The first-order chi connectivity index (χ1) is 16.3. The molecule has 0 aliphatic heterocycles. The van der Waals surface area contributed by atoms with Gasteiger partial charge in [0.05, 0.1) is 11.3 Å². The smallest absolute Gasteiger partial charge is 0.416 e. The van der Waals surface area contributed by atoms with Crippen molar-refractivity contribution in [3.63, 3.8) is 0 Å². The fraction of sp³-hybridized carbons (Fsp3) is 0.0741. The standard InChI is InChI=1S/C27H19ClF3NO2/c28-22-13-10-19(11-14-22)26(33)32-23-17-21(27(29,30)31)12-15-25(23)34-24-9-5-4-8-20(24)16-18-6-2-1-3-7-18/h1-15,17H,16H2,(H,32,33). The highest BCUT2D eigenvalue weighted by Crippen LogP contribution is 2.38. The van der Waals surface area contributed by atoms with E-state index in [9.17, 15) is 18.0 Å². The predicted octanol–water partition coefficient (Wildman–Crippen LogP) is 7.99. The van der Waals surface area contributed by atoms with Crippen LogP contribution in [-0.4, -0.2) is 5.91 Å². The van der Waals surface area contributed by atoms with E-state index in [1.54, 1.807) is 12.1 Å². The van der Waals surface area contributed by atoms with Gasteiger partial charge in [-0.25, -0.2) is 0 Å². The summed E-state index contributed by atoms with van der Waals surface area (Å²) >= 11 is 5.86. The Labute approximate surface area is 199 Å². The molecule has 4 aromatic carbocycles. The van der Waals surface area contributed by atoms with Crippen LogP contribution in [0.2, 0.25) is 5.02 Å². The first-order valence-electron chi connectivity index (χ1n) is 10.4. The maximum absolute atomic E-state index is 13.4. The third-order valence-corrected chi connectivity index (χ3v) is 5.34. The van der Waals surface area contributed by atoms with Gasteiger partial charge < -0.3 is 10.1 Å². The number of carbonyl (C=O) groups excluding carboxylic acids is 1. The number of nitrogens with one attached hydrogen (secondary N) is 1. The van der Waals surface area contributed by atoms with Crippen molar-refractivity contribution in [1.82, 2.24) is 0 Å². The monoisotopic (exact) mass is 481 g/mol. The van der Waals surface area contributed by atoms with Crippen molar-refractivity contribution >= 4 is 23.2 Å². The Bertz CT molecular complexity index is 1290. The summed E-state index contributed by atoms with van der Waals surface area (Å²) in [4.78, 5) is 12.7. The van der Waals surface area contributed by atoms with Gasteiger partial charge in [0, 0.05) is 17.0 Å². The van der Waals surface area contributed by atoms with Crippen molar-refractivity contribution < 1.29 is 22.7 Å². The summed E-state index contributed by atoms with van der Waals surface area (Å²) < 4.78 is 46.1. The van der Waals surface area contributed by atoms with Crippen molar-refractivity contribution in [3.05, 3.63) is 124 Å². The molecule has 0 atom stereocenters. The maximum atomic E-state index is 13.4. The summed E-state index contributed by atoms with van der Waals surface area (Å²) in [6, 6.07) is 26.0. The van der Waals surface area contributed by atoms with Crippen molar-refractivity contribution in [3.8, 4) is 11.5 Å². The summed E-state index contributed by atoms with van der Waals surface area (Å²) in [5, 5.41) is 2.98. The largest absolute Gasteiger partial charge is 0.455 e. The fourth-order valence-electron chi connectivity index (χ4n) is 3.37. The first-order valence-corrected chi connectivity index (χ1v) is 10.8. The Morgan fingerprint density at radius 2 is 1.50 bits per heavy atom. The molecule has 0 radical (unpaired) electrons. The van der Waals surface area contributed by atoms with E-state index in [1.807, 2.05) is 42.5 Å². The van der Waals surface area contributed by atoms with E-state index in [0.29, 0.717) is 17.2 Å². The summed E-state index contributed by atoms with van der Waals surface area (Å²) in [7, 11) is 0. The molecule has 1 N–H and O–H groups in total. The van der Waals surface area contributed by atoms with E-state index < -0.39 is 17.6 Å². The first kappa shape index (κ1) is 23.4. The Kier molecular flexibility index (Phi) is 6.89. The van der Waals surface area contributed by atoms with E-state index >= 15 is 0 Å². The number of amides is 1. The van der Waals surface area contributed by atoms with Crippen LogP contribution < -0.4 is 10.1 Å². The lowest BCUT2D eigenvalue weighted by Gasteiger charge is -2.17. The Morgan fingerprint density at radius 1 is 0.824 bits per heavy atom. The molecule has 0 saturated heterocycles. The number of hydrogen-bond acceptors (Lipinski definition) is 2. The highest BCUT2D eigenvalue weighted by molar-refractivity contribution is 6.30. The number of carbonyl (C=O) groups is 1. The van der Waals surface area contributed by atoms with E-state index in [0.717, 1.165) is 23.3 Å². The molecule has 0 bridgehead atoms. The minimum atomic E-state index is -4.58. The molecule has 0 aliphatic rings. The molecule has 0 unspecified atom stereocenters. The summed E-state index contributed by atoms with van der Waals surface area (Å²) in [5.74, 6) is -0.0117. The average Bonchev–Trinajstić information content (AvgIpc) is 2.82. The molecule has 1 amide bonds. The molecule has 0 aromatic heterocycles. The average molecular weight is 482 g/mol. The van der Waals surface area contributed by atoms with Crippen LogP contribution in [-0.2, 0) is 12.6 Å². The van der Waals surface area contributed by atoms with Crippen LogP contribution in [0.4, 0.5) is 18.9 Å². The van der Waals surface area contributed by atoms with Crippen molar-refractivity contribution in [1.29, 1.82) is 0 Å². The Morgan fingerprint density at radius 3 is 2.21 bits per heavy atom. The van der Waals surface area contributed by atoms with Crippen LogP contribution in [0.3, 0.4) is 0 Å². The normalized spacial score (nSPS) is 11.2. The number of alkyl halides is 3. The van der Waals surface area contributed by atoms with Crippen LogP contribution in [0, 0.1) is 0 Å². The van der Waals surface area contributed by atoms with Crippen LogP contribution in [0.5, 0.6) is 11.5 Å². The Balaban J connectivity index is 1.67. The molecule has 34 heavy (non-hydrogen) atoms. The topological polar surface area (TPSA) is 38.3 Å². The van der Waals surface area contributed by atoms with Crippen molar-refractivity contribution in [2.75, 3.05) is 5.32 Å². The molecule has 172 valence electrons. The van der Waals surface area contributed by atoms with Gasteiger partial charge in [-0.3, -0.25) is 4.79 Å². The molecule has 0 heterocycles. The van der Waals surface area contributed by atoms with Crippen molar-refractivity contribution in [2.45, 2.75) is 12.6 Å². The molecule has 4 rings (SSSR count). The fourth-order valence-corrected chi connectivity index (χ4v) is 3.50. The van der Waals surface area contributed by atoms with Gasteiger partial charge >= 0.3 is 6.18 Å². The molecule has 0 fully saturated rings. The van der Waals surface area contributed by atoms with Crippen LogP contribution >= 0.6 is 11.6 Å². The molecular weight excluding hydrogens is 463 g/mol. The highest BCUT2D eigenvalue weighted by atomic mass is 35.5. The van der Waals surface area contributed by atoms with Gasteiger partial charge in [0.25, 0.3) is 5.91 Å². The van der Waals surface area contributed by atoms with Crippen LogP contribution in [0.25, 0.3) is 0 Å². The van der Waals surface area contributed by atoms with Gasteiger partial charge in [0.1, 0.15) is 5.75 Å². The number of ether oxygens (including phenoxy) is 1. The Hall–Kier alpha value is -3.77. The van der Waals surface area contributed by atoms with Gasteiger partial charge in [-0.2, -0.15) is 13.2 Å². The lowest BCUT2D eigenvalue weighted by atomic mass is 10.0. The third-order valence-electron chi connectivity index (χ3n) is 5.09.